The normalized spacial score (nSPS) is 21.6. The van der Waals surface area contributed by atoms with Crippen molar-refractivity contribution in [2.24, 2.45) is 0 Å². The standard InChI is InChI=1S/C10H13N3O2S/c1-6-5-11-10(16)13(6)7-3-4-8(14)12(2)9(7)15/h5,7H,3-4H2,1-2H3,(H,11,16). The molecule has 6 heteroatoms. The number of amides is 2. The Morgan fingerprint density at radius 3 is 2.75 bits per heavy atom. The smallest absolute Gasteiger partial charge is 0.252 e. The van der Waals surface area contributed by atoms with Gasteiger partial charge in [-0.15, -0.1) is 0 Å². The van der Waals surface area contributed by atoms with Gasteiger partial charge < -0.3 is 9.55 Å². The number of aryl methyl sites for hydroxylation is 1. The van der Waals surface area contributed by atoms with Crippen LogP contribution in [0.4, 0.5) is 0 Å². The largest absolute Gasteiger partial charge is 0.337 e. The predicted molar refractivity (Wildman–Crippen MR) is 60.4 cm³/mol. The van der Waals surface area contributed by atoms with Crippen LogP contribution in [0.25, 0.3) is 0 Å². The Bertz CT molecular complexity index is 502. The number of imidazole rings is 1. The number of likely N-dealkylation sites (N-methyl/N-ethyl adjacent to an activating group) is 1. The number of H-pyrrole nitrogens is 1. The predicted octanol–water partition coefficient (Wildman–Crippen LogP) is 1.17. The summed E-state index contributed by atoms with van der Waals surface area (Å²) in [6.07, 6.45) is 2.68. The fraction of sp³-hybridized carbons (Fsp3) is 0.500. The van der Waals surface area contributed by atoms with Crippen molar-refractivity contribution < 1.29 is 9.59 Å². The van der Waals surface area contributed by atoms with E-state index in [4.69, 9.17) is 12.2 Å². The van der Waals surface area contributed by atoms with Gasteiger partial charge in [0.15, 0.2) is 4.77 Å². The zero-order valence-corrected chi connectivity index (χ0v) is 10.0. The van der Waals surface area contributed by atoms with Crippen molar-refractivity contribution in [2.45, 2.75) is 25.8 Å². The fourth-order valence-electron chi connectivity index (χ4n) is 1.99. The van der Waals surface area contributed by atoms with Crippen LogP contribution >= 0.6 is 12.2 Å². The zero-order valence-electron chi connectivity index (χ0n) is 9.19. The molecule has 1 aliphatic rings. The second-order valence-corrected chi connectivity index (χ2v) is 4.34. The molecule has 16 heavy (non-hydrogen) atoms. The highest BCUT2D eigenvalue weighted by Gasteiger charge is 2.33. The van der Waals surface area contributed by atoms with Crippen molar-refractivity contribution in [3.05, 3.63) is 16.7 Å². The number of likely N-dealkylation sites (tertiary alicyclic amines) is 1. The first-order valence-corrected chi connectivity index (χ1v) is 5.50. The number of rotatable bonds is 1. The number of carbonyl (C=O) groups excluding carboxylic acids is 2. The minimum atomic E-state index is -0.346. The fourth-order valence-corrected chi connectivity index (χ4v) is 2.32. The molecule has 0 radical (unpaired) electrons. The van der Waals surface area contributed by atoms with E-state index in [1.165, 1.54) is 11.9 Å². The van der Waals surface area contributed by atoms with Crippen molar-refractivity contribution in [3.8, 4) is 0 Å². The van der Waals surface area contributed by atoms with E-state index in [0.29, 0.717) is 17.6 Å². The first-order chi connectivity index (χ1) is 7.52. The number of nitrogens with one attached hydrogen (secondary N) is 1. The van der Waals surface area contributed by atoms with Crippen LogP contribution in [0.3, 0.4) is 0 Å². The second kappa shape index (κ2) is 3.86. The maximum Gasteiger partial charge on any atom is 0.252 e. The summed E-state index contributed by atoms with van der Waals surface area (Å²) in [7, 11) is 1.52. The van der Waals surface area contributed by atoms with Crippen molar-refractivity contribution in [1.29, 1.82) is 0 Å². The van der Waals surface area contributed by atoms with Gasteiger partial charge in [-0.1, -0.05) is 0 Å². The van der Waals surface area contributed by atoms with E-state index in [1.54, 1.807) is 10.8 Å². The molecule has 1 N–H and O–H groups in total. The van der Waals surface area contributed by atoms with Gasteiger partial charge in [-0.05, 0) is 25.6 Å². The molecule has 5 nitrogen and oxygen atoms in total. The molecule has 2 heterocycles. The summed E-state index contributed by atoms with van der Waals surface area (Å²) in [5, 5.41) is 0. The molecule has 0 bridgehead atoms. The third-order valence-corrected chi connectivity index (χ3v) is 3.25. The molecule has 86 valence electrons. The summed E-state index contributed by atoms with van der Waals surface area (Å²) < 4.78 is 2.30. The lowest BCUT2D eigenvalue weighted by molar-refractivity contribution is -0.149. The van der Waals surface area contributed by atoms with E-state index in [1.807, 2.05) is 6.92 Å². The van der Waals surface area contributed by atoms with E-state index < -0.39 is 0 Å². The summed E-state index contributed by atoms with van der Waals surface area (Å²) in [5.74, 6) is -0.309. The van der Waals surface area contributed by atoms with Gasteiger partial charge >= 0.3 is 0 Å². The zero-order chi connectivity index (χ0) is 11.9. The van der Waals surface area contributed by atoms with Crippen molar-refractivity contribution >= 4 is 24.0 Å². The molecule has 2 amide bonds. The summed E-state index contributed by atoms with van der Waals surface area (Å²) >= 11 is 5.13. The van der Waals surface area contributed by atoms with Crippen LogP contribution in [-0.2, 0) is 9.59 Å². The van der Waals surface area contributed by atoms with Gasteiger partial charge in [0.2, 0.25) is 5.91 Å². The first-order valence-electron chi connectivity index (χ1n) is 5.09. The molecule has 2 rings (SSSR count). The molecule has 1 aromatic heterocycles. The minimum Gasteiger partial charge on any atom is -0.337 e. The number of hydrogen-bond acceptors (Lipinski definition) is 3. The number of piperidine rings is 1. The van der Waals surface area contributed by atoms with Gasteiger partial charge in [0.05, 0.1) is 0 Å². The Hall–Kier alpha value is -1.43. The van der Waals surface area contributed by atoms with Crippen molar-refractivity contribution in [1.82, 2.24) is 14.5 Å². The third-order valence-electron chi connectivity index (χ3n) is 2.94. The molecule has 0 spiro atoms. The van der Waals surface area contributed by atoms with E-state index in [9.17, 15) is 9.59 Å². The van der Waals surface area contributed by atoms with Crippen LogP contribution in [0.1, 0.15) is 24.6 Å². The van der Waals surface area contributed by atoms with Gasteiger partial charge in [0.1, 0.15) is 6.04 Å². The van der Waals surface area contributed by atoms with E-state index >= 15 is 0 Å². The van der Waals surface area contributed by atoms with Gasteiger partial charge in [-0.25, -0.2) is 0 Å². The minimum absolute atomic E-state index is 0.124. The van der Waals surface area contributed by atoms with Crippen LogP contribution < -0.4 is 0 Å². The molecule has 0 aliphatic carbocycles. The first kappa shape index (κ1) is 11.1. The molecular formula is C10H13N3O2S. The molecule has 1 fully saturated rings. The second-order valence-electron chi connectivity index (χ2n) is 3.95. The van der Waals surface area contributed by atoms with Gasteiger partial charge in [0, 0.05) is 25.4 Å². The van der Waals surface area contributed by atoms with Crippen LogP contribution in [0, 0.1) is 11.7 Å². The number of carbonyl (C=O) groups is 2. The Kier molecular flexibility index (Phi) is 2.67. The number of aromatic amines is 1. The summed E-state index contributed by atoms with van der Waals surface area (Å²) in [6, 6.07) is -0.346. The van der Waals surface area contributed by atoms with Gasteiger partial charge in [-0.3, -0.25) is 14.5 Å². The quantitative estimate of drug-likeness (QED) is 0.591. The molecule has 1 atom stereocenters. The van der Waals surface area contributed by atoms with E-state index in [-0.39, 0.29) is 17.9 Å². The Labute approximate surface area is 98.1 Å². The number of nitrogens with zero attached hydrogens (tertiary/aromatic N) is 2. The molecule has 1 unspecified atom stereocenters. The summed E-state index contributed by atoms with van der Waals surface area (Å²) in [5.41, 5.74) is 0.908. The van der Waals surface area contributed by atoms with E-state index in [2.05, 4.69) is 4.98 Å². The molecule has 1 aliphatic heterocycles. The highest BCUT2D eigenvalue weighted by Crippen LogP contribution is 2.24. The average molecular weight is 239 g/mol. The lowest BCUT2D eigenvalue weighted by atomic mass is 10.0. The maximum absolute atomic E-state index is 12.0. The van der Waals surface area contributed by atoms with Crippen molar-refractivity contribution in [3.63, 3.8) is 0 Å². The van der Waals surface area contributed by atoms with Gasteiger partial charge in [0.25, 0.3) is 5.91 Å². The topological polar surface area (TPSA) is 58.1 Å². The molecule has 1 aromatic rings. The number of hydrogen-bond donors (Lipinski definition) is 1. The molecule has 0 aromatic carbocycles. The number of aromatic nitrogens is 2. The Balaban J connectivity index is 2.40. The number of imide groups is 1. The van der Waals surface area contributed by atoms with Crippen LogP contribution in [0.2, 0.25) is 0 Å². The van der Waals surface area contributed by atoms with E-state index in [0.717, 1.165) is 5.69 Å². The highest BCUT2D eigenvalue weighted by molar-refractivity contribution is 7.71. The van der Waals surface area contributed by atoms with Crippen LogP contribution in [0.5, 0.6) is 0 Å². The summed E-state index contributed by atoms with van der Waals surface area (Å²) in [4.78, 5) is 27.4. The SMILES string of the molecule is Cc1c[nH]c(=S)n1C1CCC(=O)N(C)C1=O. The Morgan fingerprint density at radius 2 is 2.19 bits per heavy atom. The summed E-state index contributed by atoms with van der Waals surface area (Å²) in [6.45, 7) is 1.88. The highest BCUT2D eigenvalue weighted by atomic mass is 32.1. The Morgan fingerprint density at radius 1 is 1.50 bits per heavy atom. The van der Waals surface area contributed by atoms with Crippen molar-refractivity contribution in [2.75, 3.05) is 7.05 Å². The van der Waals surface area contributed by atoms with Crippen LogP contribution in [0.15, 0.2) is 6.20 Å². The average Bonchev–Trinajstić information content (AvgIpc) is 2.57. The molecule has 1 saturated heterocycles. The molecular weight excluding hydrogens is 226 g/mol. The lowest BCUT2D eigenvalue weighted by Crippen LogP contribution is -2.43. The van der Waals surface area contributed by atoms with Gasteiger partial charge in [-0.2, -0.15) is 0 Å². The maximum atomic E-state index is 12.0. The monoisotopic (exact) mass is 239 g/mol. The lowest BCUT2D eigenvalue weighted by Gasteiger charge is -2.29. The molecule has 0 saturated carbocycles. The van der Waals surface area contributed by atoms with Crippen LogP contribution in [-0.4, -0.2) is 33.3 Å². The third kappa shape index (κ3) is 1.59.